The molecule has 0 spiro atoms. The van der Waals surface area contributed by atoms with Crippen LogP contribution < -0.4 is 10.1 Å². The molecule has 0 unspecified atom stereocenters. The minimum atomic E-state index is 0.576. The quantitative estimate of drug-likeness (QED) is 0.759. The van der Waals surface area contributed by atoms with Crippen LogP contribution in [0.5, 0.6) is 5.75 Å². The number of methoxy groups -OCH3 is 1. The maximum Gasteiger partial charge on any atom is 0.139 e. The van der Waals surface area contributed by atoms with Crippen molar-refractivity contribution >= 4 is 34.0 Å². The molecule has 2 aromatic heterocycles. The van der Waals surface area contributed by atoms with Gasteiger partial charge >= 0.3 is 0 Å². The number of halogens is 1. The molecule has 5 heteroatoms. The lowest BCUT2D eigenvalue weighted by molar-refractivity contribution is 0.415. The number of hydrogen-bond donors (Lipinski definition) is 2. The van der Waals surface area contributed by atoms with Crippen molar-refractivity contribution in [1.82, 2.24) is 9.97 Å². The van der Waals surface area contributed by atoms with Gasteiger partial charge in [-0.1, -0.05) is 11.6 Å². The topological polar surface area (TPSA) is 49.9 Å². The molecule has 0 radical (unpaired) electrons. The van der Waals surface area contributed by atoms with Gasteiger partial charge in [0.2, 0.25) is 0 Å². The molecule has 0 atom stereocenters. The van der Waals surface area contributed by atoms with E-state index in [-0.39, 0.29) is 0 Å². The van der Waals surface area contributed by atoms with Gasteiger partial charge in [0.15, 0.2) is 0 Å². The zero-order valence-corrected chi connectivity index (χ0v) is 11.0. The highest BCUT2D eigenvalue weighted by Gasteiger charge is 2.05. The SMILES string of the molecule is COc1ccc(Nc2ccnc3[nH]ccc23)cc1Cl. The number of aromatic amines is 1. The number of nitrogens with one attached hydrogen (secondary N) is 2. The summed E-state index contributed by atoms with van der Waals surface area (Å²) < 4.78 is 5.13. The smallest absolute Gasteiger partial charge is 0.139 e. The molecule has 2 N–H and O–H groups in total. The average molecular weight is 274 g/mol. The highest BCUT2D eigenvalue weighted by Crippen LogP contribution is 2.30. The number of anilines is 2. The van der Waals surface area contributed by atoms with Crippen LogP contribution in [-0.4, -0.2) is 17.1 Å². The fraction of sp³-hybridized carbons (Fsp3) is 0.0714. The van der Waals surface area contributed by atoms with E-state index < -0.39 is 0 Å². The standard InChI is InChI=1S/C14H12ClN3O/c1-19-13-3-2-9(8-11(13)15)18-12-5-7-17-14-10(12)4-6-16-14/h2-8H,1H3,(H2,16,17,18). The second kappa shape index (κ2) is 4.82. The van der Waals surface area contributed by atoms with Crippen molar-refractivity contribution in [2.24, 2.45) is 0 Å². The fourth-order valence-corrected chi connectivity index (χ4v) is 2.23. The summed E-state index contributed by atoms with van der Waals surface area (Å²) in [6.07, 6.45) is 3.62. The second-order valence-corrected chi connectivity index (χ2v) is 4.48. The van der Waals surface area contributed by atoms with Crippen LogP contribution in [0.4, 0.5) is 11.4 Å². The van der Waals surface area contributed by atoms with Gasteiger partial charge < -0.3 is 15.0 Å². The molecule has 0 amide bonds. The molecule has 3 aromatic rings. The van der Waals surface area contributed by atoms with Gasteiger partial charge in [0.1, 0.15) is 11.4 Å². The third-order valence-corrected chi connectivity index (χ3v) is 3.19. The Morgan fingerprint density at radius 3 is 2.95 bits per heavy atom. The van der Waals surface area contributed by atoms with Crippen LogP contribution >= 0.6 is 11.6 Å². The first-order valence-electron chi connectivity index (χ1n) is 5.80. The molecular formula is C14H12ClN3O. The van der Waals surface area contributed by atoms with E-state index in [1.165, 1.54) is 0 Å². The molecule has 0 aliphatic carbocycles. The van der Waals surface area contributed by atoms with E-state index in [9.17, 15) is 0 Å². The molecule has 2 heterocycles. The number of benzene rings is 1. The van der Waals surface area contributed by atoms with Gasteiger partial charge in [-0.2, -0.15) is 0 Å². The highest BCUT2D eigenvalue weighted by atomic mass is 35.5. The molecule has 0 fully saturated rings. The van der Waals surface area contributed by atoms with E-state index >= 15 is 0 Å². The van der Waals surface area contributed by atoms with Crippen LogP contribution in [-0.2, 0) is 0 Å². The van der Waals surface area contributed by atoms with Crippen LogP contribution in [0.3, 0.4) is 0 Å². The molecule has 0 aliphatic heterocycles. The first-order chi connectivity index (χ1) is 9.28. The van der Waals surface area contributed by atoms with Gasteiger partial charge in [-0.25, -0.2) is 4.98 Å². The Hall–Kier alpha value is -2.20. The summed E-state index contributed by atoms with van der Waals surface area (Å²) >= 11 is 6.11. The number of hydrogen-bond acceptors (Lipinski definition) is 3. The van der Waals surface area contributed by atoms with E-state index in [0.29, 0.717) is 10.8 Å². The van der Waals surface area contributed by atoms with Gasteiger partial charge in [-0.05, 0) is 30.3 Å². The number of aromatic nitrogens is 2. The van der Waals surface area contributed by atoms with Gasteiger partial charge in [0, 0.05) is 23.5 Å². The zero-order chi connectivity index (χ0) is 13.2. The van der Waals surface area contributed by atoms with Gasteiger partial charge in [0.05, 0.1) is 17.8 Å². The third-order valence-electron chi connectivity index (χ3n) is 2.89. The molecule has 19 heavy (non-hydrogen) atoms. The van der Waals surface area contributed by atoms with Gasteiger partial charge in [0.25, 0.3) is 0 Å². The normalized spacial score (nSPS) is 10.6. The molecule has 0 saturated carbocycles. The lowest BCUT2D eigenvalue weighted by atomic mass is 10.2. The zero-order valence-electron chi connectivity index (χ0n) is 10.3. The molecule has 1 aromatic carbocycles. The summed E-state index contributed by atoms with van der Waals surface area (Å²) in [6, 6.07) is 9.49. The number of rotatable bonds is 3. The molecule has 0 saturated heterocycles. The summed E-state index contributed by atoms with van der Waals surface area (Å²) in [5.74, 6) is 0.661. The van der Waals surface area contributed by atoms with Crippen molar-refractivity contribution in [3.05, 3.63) is 47.7 Å². The van der Waals surface area contributed by atoms with Crippen molar-refractivity contribution in [1.29, 1.82) is 0 Å². The van der Waals surface area contributed by atoms with E-state index in [2.05, 4.69) is 15.3 Å². The Bertz CT molecular complexity index is 724. The van der Waals surface area contributed by atoms with Crippen molar-refractivity contribution in [2.75, 3.05) is 12.4 Å². The summed E-state index contributed by atoms with van der Waals surface area (Å²) in [5.41, 5.74) is 2.73. The summed E-state index contributed by atoms with van der Waals surface area (Å²) in [5, 5.41) is 4.94. The van der Waals surface area contributed by atoms with Crippen LogP contribution in [0.25, 0.3) is 11.0 Å². The number of H-pyrrole nitrogens is 1. The van der Waals surface area contributed by atoms with Crippen LogP contribution in [0.15, 0.2) is 42.7 Å². The summed E-state index contributed by atoms with van der Waals surface area (Å²) in [7, 11) is 1.60. The maximum atomic E-state index is 6.11. The predicted molar refractivity (Wildman–Crippen MR) is 77.4 cm³/mol. The lowest BCUT2D eigenvalue weighted by Crippen LogP contribution is -1.92. The molecule has 96 valence electrons. The van der Waals surface area contributed by atoms with E-state index in [1.807, 2.05) is 36.5 Å². The minimum Gasteiger partial charge on any atom is -0.495 e. The Morgan fingerprint density at radius 1 is 1.26 bits per heavy atom. The molecule has 4 nitrogen and oxygen atoms in total. The summed E-state index contributed by atoms with van der Waals surface area (Å²) in [4.78, 5) is 7.32. The van der Waals surface area contributed by atoms with Crippen molar-refractivity contribution < 1.29 is 4.74 Å². The van der Waals surface area contributed by atoms with Crippen molar-refractivity contribution in [3.63, 3.8) is 0 Å². The van der Waals surface area contributed by atoms with Crippen LogP contribution in [0.1, 0.15) is 0 Å². The molecule has 0 aliphatic rings. The largest absolute Gasteiger partial charge is 0.495 e. The van der Waals surface area contributed by atoms with Crippen molar-refractivity contribution in [2.45, 2.75) is 0 Å². The minimum absolute atomic E-state index is 0.576. The molecular weight excluding hydrogens is 262 g/mol. The number of fused-ring (bicyclic) bond motifs is 1. The summed E-state index contributed by atoms with van der Waals surface area (Å²) in [6.45, 7) is 0. The Morgan fingerprint density at radius 2 is 2.16 bits per heavy atom. The third kappa shape index (κ3) is 2.22. The second-order valence-electron chi connectivity index (χ2n) is 4.07. The van der Waals surface area contributed by atoms with Gasteiger partial charge in [-0.3, -0.25) is 0 Å². The number of pyridine rings is 1. The maximum absolute atomic E-state index is 6.11. The van der Waals surface area contributed by atoms with Crippen LogP contribution in [0, 0.1) is 0 Å². The van der Waals surface area contributed by atoms with E-state index in [0.717, 1.165) is 22.4 Å². The monoisotopic (exact) mass is 273 g/mol. The van der Waals surface area contributed by atoms with E-state index in [4.69, 9.17) is 16.3 Å². The highest BCUT2D eigenvalue weighted by molar-refractivity contribution is 6.32. The first-order valence-corrected chi connectivity index (χ1v) is 6.18. The van der Waals surface area contributed by atoms with E-state index in [1.54, 1.807) is 13.3 Å². The Balaban J connectivity index is 1.97. The molecule has 3 rings (SSSR count). The Kier molecular flexibility index (Phi) is 3.01. The van der Waals surface area contributed by atoms with Crippen molar-refractivity contribution in [3.8, 4) is 5.75 Å². The molecule has 0 bridgehead atoms. The number of ether oxygens (including phenoxy) is 1. The number of nitrogens with zero attached hydrogens (tertiary/aromatic N) is 1. The first kappa shape index (κ1) is 11.9. The Labute approximate surface area is 115 Å². The predicted octanol–water partition coefficient (Wildman–Crippen LogP) is 3.97. The van der Waals surface area contributed by atoms with Gasteiger partial charge in [-0.15, -0.1) is 0 Å². The lowest BCUT2D eigenvalue weighted by Gasteiger charge is -2.09. The van der Waals surface area contributed by atoms with Crippen LogP contribution in [0.2, 0.25) is 5.02 Å². The fourth-order valence-electron chi connectivity index (χ4n) is 1.97. The average Bonchev–Trinajstić information content (AvgIpc) is 2.88.